The average molecular weight is 306 g/mol. The Morgan fingerprint density at radius 1 is 1.29 bits per heavy atom. The smallest absolute Gasteiger partial charge is 0.178 e. The molecule has 0 amide bonds. The lowest BCUT2D eigenvalue weighted by Gasteiger charge is -2.26. The molecule has 0 aliphatic carbocycles. The number of benzene rings is 1. The minimum Gasteiger partial charge on any atom is -0.369 e. The van der Waals surface area contributed by atoms with Crippen molar-refractivity contribution in [3.8, 4) is 0 Å². The standard InChI is InChI=1S/C17H19FO2S/c1-16(2)9-12(17(3,4)20-16)15(19)14-8-10-7-11(18)5-6-13(10)21-14/h5-8,12H,9H2,1-4H3. The van der Waals surface area contributed by atoms with Crippen LogP contribution < -0.4 is 0 Å². The molecule has 0 N–H and O–H groups in total. The van der Waals surface area contributed by atoms with Crippen molar-refractivity contribution in [3.05, 3.63) is 35.0 Å². The van der Waals surface area contributed by atoms with Gasteiger partial charge in [0.15, 0.2) is 5.78 Å². The van der Waals surface area contributed by atoms with E-state index in [1.165, 1.54) is 23.5 Å². The van der Waals surface area contributed by atoms with E-state index < -0.39 is 5.60 Å². The number of hydrogen-bond acceptors (Lipinski definition) is 3. The van der Waals surface area contributed by atoms with Crippen molar-refractivity contribution in [2.75, 3.05) is 0 Å². The van der Waals surface area contributed by atoms with Crippen LogP contribution in [0.15, 0.2) is 24.3 Å². The second-order valence-electron chi connectivity index (χ2n) is 6.88. The molecule has 0 spiro atoms. The average Bonchev–Trinajstić information content (AvgIpc) is 2.85. The minimum atomic E-state index is -0.470. The van der Waals surface area contributed by atoms with Gasteiger partial charge >= 0.3 is 0 Å². The number of carbonyl (C=O) groups is 1. The van der Waals surface area contributed by atoms with Crippen LogP contribution in [0, 0.1) is 11.7 Å². The topological polar surface area (TPSA) is 26.3 Å². The molecule has 0 bridgehead atoms. The summed E-state index contributed by atoms with van der Waals surface area (Å²) in [6.45, 7) is 7.97. The van der Waals surface area contributed by atoms with Crippen LogP contribution in [-0.4, -0.2) is 17.0 Å². The highest BCUT2D eigenvalue weighted by Gasteiger charge is 2.49. The fraction of sp³-hybridized carbons (Fsp3) is 0.471. The number of thiophene rings is 1. The molecule has 1 unspecified atom stereocenters. The van der Waals surface area contributed by atoms with Crippen LogP contribution in [0.25, 0.3) is 10.1 Å². The third-order valence-electron chi connectivity index (χ3n) is 4.11. The van der Waals surface area contributed by atoms with E-state index in [4.69, 9.17) is 4.74 Å². The number of ketones is 1. The summed E-state index contributed by atoms with van der Waals surface area (Å²) in [6.07, 6.45) is 0.710. The van der Waals surface area contributed by atoms with Crippen molar-refractivity contribution in [3.63, 3.8) is 0 Å². The number of Topliss-reactive ketones (excluding diaryl/α,β-unsaturated/α-hetero) is 1. The molecule has 112 valence electrons. The molecule has 2 nitrogen and oxygen atoms in total. The van der Waals surface area contributed by atoms with Gasteiger partial charge in [0.2, 0.25) is 0 Å². The van der Waals surface area contributed by atoms with Crippen molar-refractivity contribution in [1.29, 1.82) is 0 Å². The SMILES string of the molecule is CC1(C)CC(C(=O)c2cc3cc(F)ccc3s2)C(C)(C)O1. The van der Waals surface area contributed by atoms with Crippen molar-refractivity contribution < 1.29 is 13.9 Å². The summed E-state index contributed by atoms with van der Waals surface area (Å²) in [5.41, 5.74) is -0.755. The Hall–Kier alpha value is -1.26. The highest BCUT2D eigenvalue weighted by molar-refractivity contribution is 7.20. The maximum absolute atomic E-state index is 13.3. The van der Waals surface area contributed by atoms with Crippen LogP contribution in [0.1, 0.15) is 43.8 Å². The molecule has 21 heavy (non-hydrogen) atoms. The Kier molecular flexibility index (Phi) is 3.22. The molecule has 2 heterocycles. The minimum absolute atomic E-state index is 0.104. The zero-order valence-electron chi connectivity index (χ0n) is 12.7. The van der Waals surface area contributed by atoms with E-state index in [2.05, 4.69) is 0 Å². The highest BCUT2D eigenvalue weighted by atomic mass is 32.1. The van der Waals surface area contributed by atoms with Gasteiger partial charge in [0.25, 0.3) is 0 Å². The number of ether oxygens (including phenoxy) is 1. The zero-order valence-corrected chi connectivity index (χ0v) is 13.5. The largest absolute Gasteiger partial charge is 0.369 e. The Bertz CT molecular complexity index is 715. The Labute approximate surface area is 127 Å². The van der Waals surface area contributed by atoms with E-state index in [-0.39, 0.29) is 23.1 Å². The summed E-state index contributed by atoms with van der Waals surface area (Å²) in [4.78, 5) is 13.5. The van der Waals surface area contributed by atoms with Crippen molar-refractivity contribution >= 4 is 27.2 Å². The highest BCUT2D eigenvalue weighted by Crippen LogP contribution is 2.44. The van der Waals surface area contributed by atoms with Crippen LogP contribution in [0.3, 0.4) is 0 Å². The molecular formula is C17H19FO2S. The number of rotatable bonds is 2. The lowest BCUT2D eigenvalue weighted by atomic mass is 9.83. The van der Waals surface area contributed by atoms with E-state index in [1.807, 2.05) is 27.7 Å². The molecule has 1 atom stereocenters. The van der Waals surface area contributed by atoms with Crippen molar-refractivity contribution in [2.45, 2.75) is 45.3 Å². The second-order valence-corrected chi connectivity index (χ2v) is 7.96. The van der Waals surface area contributed by atoms with Gasteiger partial charge in [-0.3, -0.25) is 4.79 Å². The van der Waals surface area contributed by atoms with E-state index in [1.54, 1.807) is 12.1 Å². The van der Waals surface area contributed by atoms with Gasteiger partial charge in [-0.25, -0.2) is 4.39 Å². The number of halogens is 1. The lowest BCUT2D eigenvalue weighted by Crippen LogP contribution is -2.33. The van der Waals surface area contributed by atoms with Gasteiger partial charge < -0.3 is 4.74 Å². The Morgan fingerprint density at radius 3 is 2.62 bits per heavy atom. The summed E-state index contributed by atoms with van der Waals surface area (Å²) >= 11 is 1.43. The van der Waals surface area contributed by atoms with Crippen LogP contribution in [0.2, 0.25) is 0 Å². The third-order valence-corrected chi connectivity index (χ3v) is 5.24. The molecule has 1 saturated heterocycles. The molecule has 1 aliphatic heterocycles. The lowest BCUT2D eigenvalue weighted by molar-refractivity contribution is -0.0712. The fourth-order valence-electron chi connectivity index (χ4n) is 3.28. The molecule has 1 aliphatic rings. The van der Waals surface area contributed by atoms with Crippen molar-refractivity contribution in [1.82, 2.24) is 0 Å². The Morgan fingerprint density at radius 2 is 2.00 bits per heavy atom. The van der Waals surface area contributed by atoms with E-state index >= 15 is 0 Å². The molecule has 0 radical (unpaired) electrons. The maximum Gasteiger partial charge on any atom is 0.178 e. The predicted octanol–water partition coefficient (Wildman–Crippen LogP) is 4.82. The molecule has 1 fully saturated rings. The molecule has 1 aromatic carbocycles. The van der Waals surface area contributed by atoms with Gasteiger partial charge in [-0.2, -0.15) is 0 Å². The molecule has 0 saturated carbocycles. The molecule has 3 rings (SSSR count). The monoisotopic (exact) mass is 306 g/mol. The summed E-state index contributed by atoms with van der Waals surface area (Å²) in [6, 6.07) is 6.43. The van der Waals surface area contributed by atoms with Crippen molar-refractivity contribution in [2.24, 2.45) is 5.92 Å². The molecule has 4 heteroatoms. The quantitative estimate of drug-likeness (QED) is 0.744. The van der Waals surface area contributed by atoms with Crippen LogP contribution >= 0.6 is 11.3 Å². The summed E-state index contributed by atoms with van der Waals surface area (Å²) in [5.74, 6) is -0.331. The van der Waals surface area contributed by atoms with E-state index in [0.29, 0.717) is 11.3 Å². The van der Waals surface area contributed by atoms with Gasteiger partial charge in [0, 0.05) is 4.70 Å². The van der Waals surface area contributed by atoms with Gasteiger partial charge in [-0.05, 0) is 63.8 Å². The van der Waals surface area contributed by atoms with Crippen LogP contribution in [0.4, 0.5) is 4.39 Å². The van der Waals surface area contributed by atoms with Gasteiger partial charge in [0.05, 0.1) is 22.0 Å². The van der Waals surface area contributed by atoms with E-state index in [9.17, 15) is 9.18 Å². The molecule has 2 aromatic rings. The van der Waals surface area contributed by atoms with Gasteiger partial charge in [-0.15, -0.1) is 11.3 Å². The summed E-state index contributed by atoms with van der Waals surface area (Å²) < 4.78 is 20.2. The first kappa shape index (κ1) is 14.7. The first-order valence-electron chi connectivity index (χ1n) is 7.11. The normalized spacial score (nSPS) is 23.6. The molecular weight excluding hydrogens is 287 g/mol. The van der Waals surface area contributed by atoms with Crippen LogP contribution in [-0.2, 0) is 4.74 Å². The van der Waals surface area contributed by atoms with Gasteiger partial charge in [0.1, 0.15) is 5.82 Å². The zero-order chi connectivity index (χ0) is 15.4. The van der Waals surface area contributed by atoms with Gasteiger partial charge in [-0.1, -0.05) is 0 Å². The second kappa shape index (κ2) is 4.62. The number of fused-ring (bicyclic) bond motifs is 1. The first-order valence-corrected chi connectivity index (χ1v) is 7.93. The predicted molar refractivity (Wildman–Crippen MR) is 83.5 cm³/mol. The Balaban J connectivity index is 1.97. The summed E-state index contributed by atoms with van der Waals surface area (Å²) in [5, 5.41) is 0.791. The van der Waals surface area contributed by atoms with Crippen LogP contribution in [0.5, 0.6) is 0 Å². The molecule has 1 aromatic heterocycles. The fourth-order valence-corrected chi connectivity index (χ4v) is 4.32. The first-order chi connectivity index (χ1) is 9.68. The third kappa shape index (κ3) is 2.62. The maximum atomic E-state index is 13.3. The summed E-state index contributed by atoms with van der Waals surface area (Å²) in [7, 11) is 0. The number of carbonyl (C=O) groups excluding carboxylic acids is 1. The number of hydrogen-bond donors (Lipinski definition) is 0. The van der Waals surface area contributed by atoms with E-state index in [0.717, 1.165) is 10.1 Å².